The smallest absolute Gasteiger partial charge is 0.304 e. The summed E-state index contributed by atoms with van der Waals surface area (Å²) in [6.07, 6.45) is 2.70. The molecule has 0 radical (unpaired) electrons. The molecule has 30 heavy (non-hydrogen) atoms. The van der Waals surface area contributed by atoms with Gasteiger partial charge in [-0.2, -0.15) is 0 Å². The third kappa shape index (κ3) is 5.00. The van der Waals surface area contributed by atoms with Gasteiger partial charge in [0.05, 0.1) is 18.4 Å². The van der Waals surface area contributed by atoms with E-state index in [0.29, 0.717) is 32.5 Å². The number of aliphatic carboxylic acids is 1. The molecule has 3 aromatic rings. The maximum Gasteiger partial charge on any atom is 0.304 e. The van der Waals surface area contributed by atoms with E-state index < -0.39 is 21.7 Å². The standard InChI is InChI=1S/C21H20ClNO5S2/c1-12-11-23-21(29-12)18(10-20(24)25)14-6-13(7-15(22)8-14)17-9-16(30(3,26)27)4-5-19(17)28-2/h4-9,11,18H,10H2,1-3H3,(H,24,25). The molecule has 0 saturated carbocycles. The zero-order valence-corrected chi connectivity index (χ0v) is 18.9. The van der Waals surface area contributed by atoms with Gasteiger partial charge in [0.2, 0.25) is 0 Å². The Morgan fingerprint density at radius 3 is 2.57 bits per heavy atom. The van der Waals surface area contributed by atoms with Gasteiger partial charge in [-0.1, -0.05) is 17.7 Å². The molecule has 0 amide bonds. The van der Waals surface area contributed by atoms with E-state index in [1.165, 1.54) is 30.6 Å². The van der Waals surface area contributed by atoms with Crippen molar-refractivity contribution in [2.24, 2.45) is 0 Å². The highest BCUT2D eigenvalue weighted by molar-refractivity contribution is 7.90. The van der Waals surface area contributed by atoms with E-state index >= 15 is 0 Å². The molecule has 0 aliphatic rings. The van der Waals surface area contributed by atoms with Crippen LogP contribution in [0.5, 0.6) is 5.75 Å². The predicted molar refractivity (Wildman–Crippen MR) is 117 cm³/mol. The Hall–Kier alpha value is -2.42. The first-order valence-electron chi connectivity index (χ1n) is 8.91. The highest BCUT2D eigenvalue weighted by Gasteiger charge is 2.23. The summed E-state index contributed by atoms with van der Waals surface area (Å²) in [6, 6.07) is 9.81. The van der Waals surface area contributed by atoms with Crippen LogP contribution < -0.4 is 4.74 Å². The number of hydrogen-bond donors (Lipinski definition) is 1. The quantitative estimate of drug-likeness (QED) is 0.539. The van der Waals surface area contributed by atoms with Crippen molar-refractivity contribution in [2.75, 3.05) is 13.4 Å². The molecule has 158 valence electrons. The van der Waals surface area contributed by atoms with E-state index in [1.807, 2.05) is 6.92 Å². The number of carbonyl (C=O) groups is 1. The maximum atomic E-state index is 12.0. The fourth-order valence-electron chi connectivity index (χ4n) is 3.17. The van der Waals surface area contributed by atoms with Crippen LogP contribution in [0.25, 0.3) is 11.1 Å². The van der Waals surface area contributed by atoms with Crippen molar-refractivity contribution in [1.82, 2.24) is 4.98 Å². The summed E-state index contributed by atoms with van der Waals surface area (Å²) >= 11 is 7.81. The van der Waals surface area contributed by atoms with Gasteiger partial charge < -0.3 is 9.84 Å². The normalized spacial score (nSPS) is 12.5. The molecule has 1 N–H and O–H groups in total. The first kappa shape index (κ1) is 22.3. The van der Waals surface area contributed by atoms with Crippen LogP contribution in [0.1, 0.15) is 27.8 Å². The second-order valence-electron chi connectivity index (χ2n) is 6.87. The van der Waals surface area contributed by atoms with Gasteiger partial charge in [0.15, 0.2) is 9.84 Å². The molecule has 0 aliphatic carbocycles. The minimum absolute atomic E-state index is 0.146. The van der Waals surface area contributed by atoms with Crippen LogP contribution in [0.15, 0.2) is 47.5 Å². The monoisotopic (exact) mass is 465 g/mol. The molecule has 0 fully saturated rings. The van der Waals surface area contributed by atoms with E-state index in [2.05, 4.69) is 4.98 Å². The highest BCUT2D eigenvalue weighted by Crippen LogP contribution is 2.38. The zero-order valence-electron chi connectivity index (χ0n) is 16.5. The van der Waals surface area contributed by atoms with Crippen molar-refractivity contribution in [3.05, 3.63) is 63.1 Å². The number of aromatic nitrogens is 1. The molecule has 9 heteroatoms. The van der Waals surface area contributed by atoms with Gasteiger partial charge in [-0.05, 0) is 48.4 Å². The predicted octanol–water partition coefficient (Wildman–Crippen LogP) is 4.79. The Kier molecular flexibility index (Phi) is 6.50. The average Bonchev–Trinajstić information content (AvgIpc) is 3.10. The fraction of sp³-hybridized carbons (Fsp3) is 0.238. The van der Waals surface area contributed by atoms with E-state index in [0.717, 1.165) is 11.1 Å². The Labute approximate surface area is 184 Å². The number of thiazole rings is 1. The second kappa shape index (κ2) is 8.75. The Morgan fingerprint density at radius 2 is 2.00 bits per heavy atom. The lowest BCUT2D eigenvalue weighted by Crippen LogP contribution is -2.08. The van der Waals surface area contributed by atoms with Crippen molar-refractivity contribution < 1.29 is 23.1 Å². The third-order valence-corrected chi connectivity index (χ3v) is 6.90. The van der Waals surface area contributed by atoms with Gasteiger partial charge in [0.25, 0.3) is 0 Å². The van der Waals surface area contributed by atoms with Crippen molar-refractivity contribution >= 4 is 38.7 Å². The van der Waals surface area contributed by atoms with Crippen LogP contribution >= 0.6 is 22.9 Å². The van der Waals surface area contributed by atoms with Crippen LogP contribution in [0, 0.1) is 6.92 Å². The molecule has 2 aromatic carbocycles. The van der Waals surface area contributed by atoms with Crippen LogP contribution in [0.2, 0.25) is 5.02 Å². The summed E-state index contributed by atoms with van der Waals surface area (Å²) in [5, 5.41) is 10.5. The number of nitrogens with zero attached hydrogens (tertiary/aromatic N) is 1. The highest BCUT2D eigenvalue weighted by atomic mass is 35.5. The number of benzene rings is 2. The van der Waals surface area contributed by atoms with Gasteiger partial charge in [0, 0.05) is 33.8 Å². The summed E-state index contributed by atoms with van der Waals surface area (Å²) in [5.41, 5.74) is 1.86. The van der Waals surface area contributed by atoms with E-state index in [9.17, 15) is 18.3 Å². The maximum absolute atomic E-state index is 12.0. The number of aryl methyl sites for hydroxylation is 1. The zero-order chi connectivity index (χ0) is 22.1. The number of halogens is 1. The minimum Gasteiger partial charge on any atom is -0.496 e. The van der Waals surface area contributed by atoms with Gasteiger partial charge in [-0.15, -0.1) is 11.3 Å². The number of carboxylic acid groups (broad SMARTS) is 1. The Bertz CT molecular complexity index is 1200. The largest absolute Gasteiger partial charge is 0.496 e. The summed E-state index contributed by atoms with van der Waals surface area (Å²) in [4.78, 5) is 17.0. The van der Waals surface area contributed by atoms with E-state index in [-0.39, 0.29) is 11.3 Å². The fourth-order valence-corrected chi connectivity index (χ4v) is 4.96. The summed E-state index contributed by atoms with van der Waals surface area (Å²) in [5.74, 6) is -0.954. The first-order valence-corrected chi connectivity index (χ1v) is 12.0. The SMILES string of the molecule is COc1ccc(S(C)(=O)=O)cc1-c1cc(Cl)cc(C(CC(=O)O)c2ncc(C)s2)c1. The van der Waals surface area contributed by atoms with Crippen molar-refractivity contribution in [2.45, 2.75) is 24.2 Å². The van der Waals surface area contributed by atoms with Crippen LogP contribution in [0.4, 0.5) is 0 Å². The molecule has 1 unspecified atom stereocenters. The number of sulfone groups is 1. The van der Waals surface area contributed by atoms with Gasteiger partial charge >= 0.3 is 5.97 Å². The molecule has 1 heterocycles. The molecule has 1 aromatic heterocycles. The van der Waals surface area contributed by atoms with Crippen LogP contribution in [-0.2, 0) is 14.6 Å². The minimum atomic E-state index is -3.43. The lowest BCUT2D eigenvalue weighted by molar-refractivity contribution is -0.137. The van der Waals surface area contributed by atoms with Gasteiger partial charge in [-0.3, -0.25) is 4.79 Å². The molecule has 0 saturated heterocycles. The van der Waals surface area contributed by atoms with E-state index in [4.69, 9.17) is 16.3 Å². The number of rotatable bonds is 7. The lowest BCUT2D eigenvalue weighted by atomic mass is 9.92. The second-order valence-corrected chi connectivity index (χ2v) is 10.6. The molecular weight excluding hydrogens is 446 g/mol. The molecule has 0 spiro atoms. The van der Waals surface area contributed by atoms with Crippen molar-refractivity contribution in [3.63, 3.8) is 0 Å². The first-order chi connectivity index (χ1) is 14.1. The summed E-state index contributed by atoms with van der Waals surface area (Å²) in [6.45, 7) is 1.91. The lowest BCUT2D eigenvalue weighted by Gasteiger charge is -2.16. The molecule has 0 bridgehead atoms. The van der Waals surface area contributed by atoms with Gasteiger partial charge in [-0.25, -0.2) is 13.4 Å². The average molecular weight is 466 g/mol. The summed E-state index contributed by atoms with van der Waals surface area (Å²) < 4.78 is 29.5. The molecule has 3 rings (SSSR count). The Balaban J connectivity index is 2.19. The molecule has 6 nitrogen and oxygen atoms in total. The van der Waals surface area contributed by atoms with Crippen LogP contribution in [0.3, 0.4) is 0 Å². The van der Waals surface area contributed by atoms with Crippen molar-refractivity contribution in [1.29, 1.82) is 0 Å². The van der Waals surface area contributed by atoms with Gasteiger partial charge in [0.1, 0.15) is 10.8 Å². The van der Waals surface area contributed by atoms with Crippen LogP contribution in [-0.4, -0.2) is 37.8 Å². The molecular formula is C21H20ClNO5S2. The number of carboxylic acids is 1. The summed E-state index contributed by atoms with van der Waals surface area (Å²) in [7, 11) is -1.93. The molecule has 1 atom stereocenters. The molecule has 0 aliphatic heterocycles. The number of methoxy groups -OCH3 is 1. The number of hydrogen-bond acceptors (Lipinski definition) is 6. The van der Waals surface area contributed by atoms with E-state index in [1.54, 1.807) is 30.5 Å². The number of ether oxygens (including phenoxy) is 1. The van der Waals surface area contributed by atoms with Crippen molar-refractivity contribution in [3.8, 4) is 16.9 Å². The third-order valence-electron chi connectivity index (χ3n) is 4.55. The Morgan fingerprint density at radius 1 is 1.27 bits per heavy atom. The topological polar surface area (TPSA) is 93.6 Å².